The zero-order chi connectivity index (χ0) is 14.8. The molecule has 0 saturated heterocycles. The lowest BCUT2D eigenvalue weighted by molar-refractivity contribution is 0.0696. The topological polar surface area (TPSA) is 96.4 Å². The van der Waals surface area contributed by atoms with Crippen LogP contribution in [0.1, 0.15) is 10.4 Å². The van der Waals surface area contributed by atoms with Gasteiger partial charge in [-0.3, -0.25) is 4.72 Å². The fourth-order valence-electron chi connectivity index (χ4n) is 1.41. The van der Waals surface area contributed by atoms with E-state index in [1.807, 2.05) is 0 Å². The van der Waals surface area contributed by atoms with Gasteiger partial charge in [0.25, 0.3) is 10.0 Å². The summed E-state index contributed by atoms with van der Waals surface area (Å²) < 4.78 is 38.8. The van der Waals surface area contributed by atoms with Gasteiger partial charge in [-0.05, 0) is 36.4 Å². The highest BCUT2D eigenvalue weighted by Gasteiger charge is 2.15. The highest BCUT2D eigenvalue weighted by molar-refractivity contribution is 7.92. The molecule has 0 aliphatic carbocycles. The molecular formula is C12H9FN2O4S. The Hall–Kier alpha value is -2.48. The smallest absolute Gasteiger partial charge is 0.335 e. The molecule has 0 amide bonds. The van der Waals surface area contributed by atoms with Gasteiger partial charge in [0, 0.05) is 0 Å². The third-order valence-corrected chi connectivity index (χ3v) is 3.75. The lowest BCUT2D eigenvalue weighted by atomic mass is 10.2. The van der Waals surface area contributed by atoms with Crippen molar-refractivity contribution in [3.05, 3.63) is 54.0 Å². The molecule has 2 aromatic rings. The van der Waals surface area contributed by atoms with Gasteiger partial charge in [0.05, 0.1) is 16.7 Å². The highest BCUT2D eigenvalue weighted by atomic mass is 32.2. The first-order valence-corrected chi connectivity index (χ1v) is 6.84. The molecule has 0 unspecified atom stereocenters. The Morgan fingerprint density at radius 3 is 2.30 bits per heavy atom. The van der Waals surface area contributed by atoms with Crippen LogP contribution in [0.3, 0.4) is 0 Å². The largest absolute Gasteiger partial charge is 0.478 e. The minimum atomic E-state index is -3.90. The maximum atomic E-state index is 12.7. The van der Waals surface area contributed by atoms with Crippen LogP contribution in [0.5, 0.6) is 0 Å². The Morgan fingerprint density at radius 1 is 1.15 bits per heavy atom. The highest BCUT2D eigenvalue weighted by Crippen LogP contribution is 2.15. The van der Waals surface area contributed by atoms with Crippen LogP contribution in [0.15, 0.2) is 47.5 Å². The van der Waals surface area contributed by atoms with E-state index >= 15 is 0 Å². The van der Waals surface area contributed by atoms with E-state index in [0.717, 1.165) is 24.4 Å². The molecule has 8 heteroatoms. The van der Waals surface area contributed by atoms with Crippen molar-refractivity contribution in [1.29, 1.82) is 0 Å². The molecule has 0 fully saturated rings. The number of carbonyl (C=O) groups is 1. The van der Waals surface area contributed by atoms with Crippen molar-refractivity contribution in [2.45, 2.75) is 4.90 Å². The van der Waals surface area contributed by atoms with Crippen molar-refractivity contribution in [2.75, 3.05) is 4.72 Å². The second-order valence-electron chi connectivity index (χ2n) is 3.80. The van der Waals surface area contributed by atoms with Crippen molar-refractivity contribution in [3.8, 4) is 0 Å². The van der Waals surface area contributed by atoms with Gasteiger partial charge < -0.3 is 5.11 Å². The zero-order valence-electron chi connectivity index (χ0n) is 9.95. The quantitative estimate of drug-likeness (QED) is 0.895. The van der Waals surface area contributed by atoms with Crippen molar-refractivity contribution in [3.63, 3.8) is 0 Å². The van der Waals surface area contributed by atoms with Crippen molar-refractivity contribution >= 4 is 21.8 Å². The van der Waals surface area contributed by atoms with Crippen molar-refractivity contribution in [2.24, 2.45) is 0 Å². The minimum absolute atomic E-state index is 0.0242. The molecule has 20 heavy (non-hydrogen) atoms. The van der Waals surface area contributed by atoms with Gasteiger partial charge in [-0.25, -0.2) is 22.6 Å². The molecule has 1 heterocycles. The van der Waals surface area contributed by atoms with Gasteiger partial charge in [-0.1, -0.05) is 0 Å². The minimum Gasteiger partial charge on any atom is -0.478 e. The summed E-state index contributed by atoms with van der Waals surface area (Å²) in [6, 6.07) is 6.92. The van der Waals surface area contributed by atoms with E-state index in [0.29, 0.717) is 0 Å². The fraction of sp³-hybridized carbons (Fsp3) is 0. The predicted molar refractivity (Wildman–Crippen MR) is 68.4 cm³/mol. The van der Waals surface area contributed by atoms with Crippen LogP contribution in [0.2, 0.25) is 0 Å². The van der Waals surface area contributed by atoms with Gasteiger partial charge in [0.2, 0.25) is 0 Å². The predicted octanol–water partition coefficient (Wildman–Crippen LogP) is 1.72. The SMILES string of the molecule is O=C(O)c1ccc(S(=O)(=O)Nc2ccc(F)cn2)cc1. The average Bonchev–Trinajstić information content (AvgIpc) is 2.41. The van der Waals surface area contributed by atoms with Gasteiger partial charge in [-0.2, -0.15) is 0 Å². The number of halogens is 1. The van der Waals surface area contributed by atoms with E-state index in [2.05, 4.69) is 9.71 Å². The Kier molecular flexibility index (Phi) is 3.66. The molecule has 1 aromatic carbocycles. The molecule has 0 atom stereocenters. The van der Waals surface area contributed by atoms with Crippen LogP contribution in [0.25, 0.3) is 0 Å². The van der Waals surface area contributed by atoms with Crippen molar-refractivity contribution in [1.82, 2.24) is 4.98 Å². The molecule has 6 nitrogen and oxygen atoms in total. The normalized spacial score (nSPS) is 11.1. The summed E-state index contributed by atoms with van der Waals surface area (Å²) in [5.74, 6) is -1.77. The van der Waals surface area contributed by atoms with Crippen LogP contribution >= 0.6 is 0 Å². The van der Waals surface area contributed by atoms with Crippen molar-refractivity contribution < 1.29 is 22.7 Å². The lowest BCUT2D eigenvalue weighted by Crippen LogP contribution is -2.14. The number of hydrogen-bond acceptors (Lipinski definition) is 4. The van der Waals surface area contributed by atoms with E-state index in [-0.39, 0.29) is 16.3 Å². The number of aromatic nitrogens is 1. The van der Waals surface area contributed by atoms with Crippen LogP contribution in [-0.2, 0) is 10.0 Å². The van der Waals surface area contributed by atoms with Gasteiger partial charge >= 0.3 is 5.97 Å². The Morgan fingerprint density at radius 2 is 1.80 bits per heavy atom. The molecule has 0 radical (unpaired) electrons. The molecule has 104 valence electrons. The Labute approximate surface area is 114 Å². The number of aromatic carboxylic acids is 1. The summed E-state index contributed by atoms with van der Waals surface area (Å²) >= 11 is 0. The molecule has 0 spiro atoms. The first-order valence-electron chi connectivity index (χ1n) is 5.36. The number of carboxylic acids is 1. The molecule has 0 aliphatic rings. The fourth-order valence-corrected chi connectivity index (χ4v) is 2.42. The molecular weight excluding hydrogens is 287 g/mol. The number of hydrogen-bond donors (Lipinski definition) is 2. The Bertz CT molecular complexity index is 727. The molecule has 0 saturated carbocycles. The van der Waals surface area contributed by atoms with E-state index in [4.69, 9.17) is 5.11 Å². The molecule has 0 bridgehead atoms. The Balaban J connectivity index is 2.26. The number of nitrogens with one attached hydrogen (secondary N) is 1. The van der Waals surface area contributed by atoms with Crippen LogP contribution < -0.4 is 4.72 Å². The maximum absolute atomic E-state index is 12.7. The second kappa shape index (κ2) is 5.25. The summed E-state index contributed by atoms with van der Waals surface area (Å²) in [5.41, 5.74) is -0.0242. The van der Waals surface area contributed by atoms with Gasteiger partial charge in [0.1, 0.15) is 11.6 Å². The maximum Gasteiger partial charge on any atom is 0.335 e. The monoisotopic (exact) mass is 296 g/mol. The molecule has 2 N–H and O–H groups in total. The molecule has 2 rings (SSSR count). The number of rotatable bonds is 4. The number of nitrogens with zero attached hydrogens (tertiary/aromatic N) is 1. The van der Waals surface area contributed by atoms with Crippen LogP contribution in [-0.4, -0.2) is 24.5 Å². The first-order chi connectivity index (χ1) is 9.38. The second-order valence-corrected chi connectivity index (χ2v) is 5.48. The summed E-state index contributed by atoms with van der Waals surface area (Å²) in [7, 11) is -3.90. The van der Waals surface area contributed by atoms with E-state index in [9.17, 15) is 17.6 Å². The van der Waals surface area contributed by atoms with E-state index in [1.54, 1.807) is 0 Å². The average molecular weight is 296 g/mol. The zero-order valence-corrected chi connectivity index (χ0v) is 10.8. The van der Waals surface area contributed by atoms with E-state index in [1.165, 1.54) is 18.2 Å². The number of sulfonamides is 1. The summed E-state index contributed by atoms with van der Waals surface area (Å²) in [5, 5.41) is 8.73. The number of pyridine rings is 1. The summed E-state index contributed by atoms with van der Waals surface area (Å²) in [6.45, 7) is 0. The summed E-state index contributed by atoms with van der Waals surface area (Å²) in [6.07, 6.45) is 0.880. The van der Waals surface area contributed by atoms with E-state index < -0.39 is 21.8 Å². The van der Waals surface area contributed by atoms with Crippen LogP contribution in [0.4, 0.5) is 10.2 Å². The summed E-state index contributed by atoms with van der Waals surface area (Å²) in [4.78, 5) is 14.1. The first kappa shape index (κ1) is 13.9. The number of anilines is 1. The third-order valence-electron chi connectivity index (χ3n) is 2.38. The van der Waals surface area contributed by atoms with Crippen LogP contribution in [0, 0.1) is 5.82 Å². The molecule has 1 aromatic heterocycles. The standard InChI is InChI=1S/C12H9FN2O4S/c13-9-3-6-11(14-7-9)15-20(18,19)10-4-1-8(2-5-10)12(16)17/h1-7H,(H,14,15)(H,16,17). The van der Waals surface area contributed by atoms with Gasteiger partial charge in [0.15, 0.2) is 0 Å². The third kappa shape index (κ3) is 3.09. The van der Waals surface area contributed by atoms with Gasteiger partial charge in [-0.15, -0.1) is 0 Å². The lowest BCUT2D eigenvalue weighted by Gasteiger charge is -2.07. The number of benzene rings is 1. The molecule has 0 aliphatic heterocycles. The number of carboxylic acid groups (broad SMARTS) is 1.